The second kappa shape index (κ2) is 8.77. The van der Waals surface area contributed by atoms with Crippen LogP contribution in [-0.2, 0) is 14.3 Å². The molecule has 1 fully saturated rings. The van der Waals surface area contributed by atoms with E-state index >= 15 is 0 Å². The van der Waals surface area contributed by atoms with Crippen molar-refractivity contribution in [3.63, 3.8) is 0 Å². The predicted octanol–water partition coefficient (Wildman–Crippen LogP) is 2.98. The number of rotatable bonds is 4. The average molecular weight is 273 g/mol. The molecular weight excluding hydrogens is 246 g/mol. The molecule has 1 aliphatic rings. The van der Waals surface area contributed by atoms with E-state index in [4.69, 9.17) is 4.74 Å². The highest BCUT2D eigenvalue weighted by molar-refractivity contribution is 5.68. The summed E-state index contributed by atoms with van der Waals surface area (Å²) in [5.41, 5.74) is -0.381. The zero-order valence-electron chi connectivity index (χ0n) is 12.8. The standard InChI is InChI=1S/C11H21NO2.C3H6O2/c1-5-12(9-7-6-8-9)10(13)14-11(2,3)4;1-2-5-3-4/h9H,5-8H2,1-4H3;3H,2H2,1H3. The van der Waals surface area contributed by atoms with Gasteiger partial charge in [0.2, 0.25) is 0 Å². The Hall–Kier alpha value is -1.26. The Balaban J connectivity index is 0.000000555. The summed E-state index contributed by atoms with van der Waals surface area (Å²) in [6.45, 7) is 11.1. The van der Waals surface area contributed by atoms with Crippen LogP contribution in [0.3, 0.4) is 0 Å². The summed E-state index contributed by atoms with van der Waals surface area (Å²) in [6, 6.07) is 0.426. The maximum Gasteiger partial charge on any atom is 0.410 e. The van der Waals surface area contributed by atoms with E-state index in [9.17, 15) is 9.59 Å². The van der Waals surface area contributed by atoms with Crippen molar-refractivity contribution in [2.75, 3.05) is 13.2 Å². The summed E-state index contributed by atoms with van der Waals surface area (Å²) in [6.07, 6.45) is 3.34. The van der Waals surface area contributed by atoms with Gasteiger partial charge in [0, 0.05) is 12.6 Å². The lowest BCUT2D eigenvalue weighted by molar-refractivity contribution is -0.128. The molecule has 1 aliphatic carbocycles. The molecule has 5 heteroatoms. The van der Waals surface area contributed by atoms with Crippen LogP contribution in [0, 0.1) is 0 Å². The van der Waals surface area contributed by atoms with Gasteiger partial charge >= 0.3 is 6.09 Å². The fourth-order valence-corrected chi connectivity index (χ4v) is 1.62. The van der Waals surface area contributed by atoms with Gasteiger partial charge in [0.15, 0.2) is 0 Å². The van der Waals surface area contributed by atoms with Crippen molar-refractivity contribution in [2.24, 2.45) is 0 Å². The fraction of sp³-hybridized carbons (Fsp3) is 0.857. The lowest BCUT2D eigenvalue weighted by Gasteiger charge is -2.37. The van der Waals surface area contributed by atoms with E-state index in [0.717, 1.165) is 19.4 Å². The van der Waals surface area contributed by atoms with Gasteiger partial charge in [-0.05, 0) is 53.9 Å². The lowest BCUT2D eigenvalue weighted by Crippen LogP contribution is -2.46. The SMILES string of the molecule is CCN(C(=O)OC(C)(C)C)C1CCC1.CCOC=O. The summed E-state index contributed by atoms with van der Waals surface area (Å²) in [5.74, 6) is 0. The molecule has 0 saturated heterocycles. The molecule has 0 radical (unpaired) electrons. The van der Waals surface area contributed by atoms with Gasteiger partial charge in [-0.2, -0.15) is 0 Å². The van der Waals surface area contributed by atoms with Gasteiger partial charge in [-0.3, -0.25) is 4.79 Å². The van der Waals surface area contributed by atoms with E-state index in [2.05, 4.69) is 4.74 Å². The molecule has 5 nitrogen and oxygen atoms in total. The van der Waals surface area contributed by atoms with Crippen LogP contribution in [0.1, 0.15) is 53.9 Å². The maximum atomic E-state index is 11.7. The fourth-order valence-electron chi connectivity index (χ4n) is 1.62. The Morgan fingerprint density at radius 3 is 2.11 bits per heavy atom. The Labute approximate surface area is 116 Å². The van der Waals surface area contributed by atoms with Crippen LogP contribution in [0.4, 0.5) is 4.79 Å². The van der Waals surface area contributed by atoms with E-state index in [1.54, 1.807) is 6.92 Å². The Morgan fingerprint density at radius 2 is 1.89 bits per heavy atom. The first-order chi connectivity index (χ1) is 8.85. The van der Waals surface area contributed by atoms with Crippen molar-refractivity contribution in [2.45, 2.75) is 65.5 Å². The molecule has 0 aromatic heterocycles. The number of carbonyl (C=O) groups is 2. The largest absolute Gasteiger partial charge is 0.468 e. The van der Waals surface area contributed by atoms with Gasteiger partial charge in [0.05, 0.1) is 6.61 Å². The average Bonchev–Trinajstić information content (AvgIpc) is 2.22. The molecule has 1 amide bonds. The normalized spacial score (nSPS) is 14.6. The van der Waals surface area contributed by atoms with Gasteiger partial charge in [0.1, 0.15) is 5.60 Å². The molecule has 0 spiro atoms. The van der Waals surface area contributed by atoms with Crippen LogP contribution < -0.4 is 0 Å². The Bertz CT molecular complexity index is 269. The highest BCUT2D eigenvalue weighted by atomic mass is 16.6. The van der Waals surface area contributed by atoms with Gasteiger partial charge in [-0.1, -0.05) is 0 Å². The van der Waals surface area contributed by atoms with E-state index in [1.807, 2.05) is 32.6 Å². The summed E-state index contributed by atoms with van der Waals surface area (Å²) in [4.78, 5) is 22.8. The van der Waals surface area contributed by atoms with Crippen LogP contribution >= 0.6 is 0 Å². The highest BCUT2D eigenvalue weighted by Crippen LogP contribution is 2.25. The topological polar surface area (TPSA) is 55.8 Å². The first-order valence-corrected chi connectivity index (χ1v) is 6.90. The van der Waals surface area contributed by atoms with Crippen LogP contribution in [0.2, 0.25) is 0 Å². The van der Waals surface area contributed by atoms with Crippen molar-refractivity contribution >= 4 is 12.6 Å². The summed E-state index contributed by atoms with van der Waals surface area (Å²) in [5, 5.41) is 0. The number of nitrogens with zero attached hydrogens (tertiary/aromatic N) is 1. The summed E-state index contributed by atoms with van der Waals surface area (Å²) < 4.78 is 9.49. The van der Waals surface area contributed by atoms with Gasteiger partial charge in [-0.15, -0.1) is 0 Å². The number of hydrogen-bond donors (Lipinski definition) is 0. The zero-order chi connectivity index (χ0) is 14.9. The number of carbonyl (C=O) groups excluding carboxylic acids is 2. The maximum absolute atomic E-state index is 11.7. The lowest BCUT2D eigenvalue weighted by atomic mass is 9.92. The Kier molecular flexibility index (Phi) is 8.19. The molecule has 0 aliphatic heterocycles. The number of ether oxygens (including phenoxy) is 2. The van der Waals surface area contributed by atoms with Crippen LogP contribution in [0.5, 0.6) is 0 Å². The molecule has 1 rings (SSSR count). The molecule has 0 N–H and O–H groups in total. The zero-order valence-corrected chi connectivity index (χ0v) is 12.8. The van der Waals surface area contributed by atoms with E-state index in [1.165, 1.54) is 6.42 Å². The molecule has 0 atom stereocenters. The first kappa shape index (κ1) is 17.7. The second-order valence-electron chi connectivity index (χ2n) is 5.40. The summed E-state index contributed by atoms with van der Waals surface area (Å²) >= 11 is 0. The predicted molar refractivity (Wildman–Crippen MR) is 73.9 cm³/mol. The van der Waals surface area contributed by atoms with Gasteiger partial charge in [-0.25, -0.2) is 4.79 Å². The van der Waals surface area contributed by atoms with E-state index in [-0.39, 0.29) is 11.7 Å². The molecule has 112 valence electrons. The quantitative estimate of drug-likeness (QED) is 0.739. The molecular formula is C14H27NO4. The van der Waals surface area contributed by atoms with Crippen molar-refractivity contribution in [3.8, 4) is 0 Å². The molecule has 0 aromatic rings. The first-order valence-electron chi connectivity index (χ1n) is 6.90. The van der Waals surface area contributed by atoms with Crippen molar-refractivity contribution < 1.29 is 19.1 Å². The van der Waals surface area contributed by atoms with Gasteiger partial charge in [0.25, 0.3) is 6.47 Å². The molecule has 0 aromatic carbocycles. The molecule has 0 bridgehead atoms. The number of hydrogen-bond acceptors (Lipinski definition) is 4. The minimum atomic E-state index is -0.381. The van der Waals surface area contributed by atoms with Gasteiger partial charge < -0.3 is 14.4 Å². The van der Waals surface area contributed by atoms with Crippen molar-refractivity contribution in [1.29, 1.82) is 0 Å². The number of amides is 1. The minimum Gasteiger partial charge on any atom is -0.468 e. The molecule has 19 heavy (non-hydrogen) atoms. The monoisotopic (exact) mass is 273 g/mol. The third kappa shape index (κ3) is 7.70. The third-order valence-corrected chi connectivity index (χ3v) is 2.72. The van der Waals surface area contributed by atoms with Crippen LogP contribution in [0.25, 0.3) is 0 Å². The van der Waals surface area contributed by atoms with Crippen molar-refractivity contribution in [1.82, 2.24) is 4.90 Å². The molecule has 1 saturated carbocycles. The third-order valence-electron chi connectivity index (χ3n) is 2.72. The van der Waals surface area contributed by atoms with E-state index < -0.39 is 0 Å². The van der Waals surface area contributed by atoms with Crippen molar-refractivity contribution in [3.05, 3.63) is 0 Å². The molecule has 0 heterocycles. The smallest absolute Gasteiger partial charge is 0.410 e. The second-order valence-corrected chi connectivity index (χ2v) is 5.40. The van der Waals surface area contributed by atoms with Crippen LogP contribution in [0.15, 0.2) is 0 Å². The summed E-state index contributed by atoms with van der Waals surface area (Å²) in [7, 11) is 0. The Morgan fingerprint density at radius 1 is 1.32 bits per heavy atom. The van der Waals surface area contributed by atoms with Crippen LogP contribution in [-0.4, -0.2) is 42.3 Å². The van der Waals surface area contributed by atoms with E-state index in [0.29, 0.717) is 19.1 Å². The highest BCUT2D eigenvalue weighted by Gasteiger charge is 2.30. The minimum absolute atomic E-state index is 0.162. The molecule has 0 unspecified atom stereocenters.